The van der Waals surface area contributed by atoms with Crippen molar-refractivity contribution < 1.29 is 14.3 Å². The fourth-order valence-electron chi connectivity index (χ4n) is 1.57. The molecule has 0 atom stereocenters. The number of benzene rings is 2. The molecule has 0 N–H and O–H groups in total. The maximum Gasteiger partial charge on any atom is 0.343 e. The highest BCUT2D eigenvalue weighted by Crippen LogP contribution is 2.20. The number of anilines is 1. The second-order valence-corrected chi connectivity index (χ2v) is 3.97. The monoisotopic (exact) mass is 255 g/mol. The van der Waals surface area contributed by atoms with Crippen LogP contribution in [0.25, 0.3) is 0 Å². The van der Waals surface area contributed by atoms with Crippen molar-refractivity contribution >= 4 is 18.1 Å². The van der Waals surface area contributed by atoms with Crippen LogP contribution in [0.2, 0.25) is 0 Å². The van der Waals surface area contributed by atoms with Crippen LogP contribution in [-0.2, 0) is 4.79 Å². The number of carbonyl (C=O) groups is 2. The SMILES string of the molecule is CN(C=O)c1cccc(OC(=O)c2ccccc2)c1. The molecule has 2 rings (SSSR count). The third-order valence-corrected chi connectivity index (χ3v) is 2.60. The highest BCUT2D eigenvalue weighted by atomic mass is 16.5. The van der Waals surface area contributed by atoms with E-state index in [1.807, 2.05) is 6.07 Å². The molecule has 2 aromatic rings. The summed E-state index contributed by atoms with van der Waals surface area (Å²) in [6.07, 6.45) is 0.693. The van der Waals surface area contributed by atoms with E-state index in [1.54, 1.807) is 55.6 Å². The molecular formula is C15H13NO3. The minimum atomic E-state index is -0.425. The quantitative estimate of drug-likeness (QED) is 0.479. The Bertz CT molecular complexity index is 581. The van der Waals surface area contributed by atoms with Crippen molar-refractivity contribution in [3.8, 4) is 5.75 Å². The van der Waals surface area contributed by atoms with Gasteiger partial charge in [0.2, 0.25) is 6.41 Å². The number of amides is 1. The Labute approximate surface area is 111 Å². The minimum absolute atomic E-state index is 0.403. The van der Waals surface area contributed by atoms with E-state index in [9.17, 15) is 9.59 Å². The lowest BCUT2D eigenvalue weighted by Gasteiger charge is -2.12. The Balaban J connectivity index is 2.15. The van der Waals surface area contributed by atoms with Crippen molar-refractivity contribution in [2.24, 2.45) is 0 Å². The second-order valence-electron chi connectivity index (χ2n) is 3.97. The van der Waals surface area contributed by atoms with Crippen LogP contribution < -0.4 is 9.64 Å². The summed E-state index contributed by atoms with van der Waals surface area (Å²) in [5, 5.41) is 0. The molecular weight excluding hydrogens is 242 g/mol. The smallest absolute Gasteiger partial charge is 0.343 e. The second kappa shape index (κ2) is 5.82. The average Bonchev–Trinajstić information content (AvgIpc) is 2.47. The van der Waals surface area contributed by atoms with Gasteiger partial charge in [0, 0.05) is 18.8 Å². The molecule has 96 valence electrons. The number of ether oxygens (including phenoxy) is 1. The van der Waals surface area contributed by atoms with Crippen molar-refractivity contribution in [1.29, 1.82) is 0 Å². The van der Waals surface area contributed by atoms with Crippen molar-refractivity contribution in [2.75, 3.05) is 11.9 Å². The fraction of sp³-hybridized carbons (Fsp3) is 0.0667. The highest BCUT2D eigenvalue weighted by Gasteiger charge is 2.08. The molecule has 0 saturated heterocycles. The molecule has 2 aromatic carbocycles. The van der Waals surface area contributed by atoms with Crippen LogP contribution in [0.1, 0.15) is 10.4 Å². The molecule has 0 aromatic heterocycles. The zero-order valence-corrected chi connectivity index (χ0v) is 10.4. The van der Waals surface area contributed by atoms with E-state index in [4.69, 9.17) is 4.74 Å². The Kier molecular flexibility index (Phi) is 3.93. The Morgan fingerprint density at radius 1 is 1.11 bits per heavy atom. The third kappa shape index (κ3) is 3.19. The fourth-order valence-corrected chi connectivity index (χ4v) is 1.57. The molecule has 0 saturated carbocycles. The van der Waals surface area contributed by atoms with E-state index in [0.717, 1.165) is 0 Å². The number of esters is 1. The van der Waals surface area contributed by atoms with Crippen molar-refractivity contribution in [1.82, 2.24) is 0 Å². The van der Waals surface area contributed by atoms with Gasteiger partial charge in [0.25, 0.3) is 0 Å². The Morgan fingerprint density at radius 3 is 2.53 bits per heavy atom. The van der Waals surface area contributed by atoms with Crippen molar-refractivity contribution in [2.45, 2.75) is 0 Å². The first-order valence-electron chi connectivity index (χ1n) is 5.76. The molecule has 0 heterocycles. The zero-order valence-electron chi connectivity index (χ0n) is 10.4. The van der Waals surface area contributed by atoms with Crippen LogP contribution in [0.5, 0.6) is 5.75 Å². The largest absolute Gasteiger partial charge is 0.423 e. The van der Waals surface area contributed by atoms with E-state index in [1.165, 1.54) is 4.90 Å². The van der Waals surface area contributed by atoms with Crippen molar-refractivity contribution in [3.63, 3.8) is 0 Å². The van der Waals surface area contributed by atoms with E-state index < -0.39 is 5.97 Å². The summed E-state index contributed by atoms with van der Waals surface area (Å²) < 4.78 is 5.25. The van der Waals surface area contributed by atoms with Crippen LogP contribution in [0.3, 0.4) is 0 Å². The van der Waals surface area contributed by atoms with Gasteiger partial charge in [-0.25, -0.2) is 4.79 Å². The molecule has 1 amide bonds. The maximum absolute atomic E-state index is 11.9. The van der Waals surface area contributed by atoms with Gasteiger partial charge in [-0.05, 0) is 24.3 Å². The first kappa shape index (κ1) is 12.8. The molecule has 0 aliphatic heterocycles. The molecule has 4 nitrogen and oxygen atoms in total. The summed E-state index contributed by atoms with van der Waals surface area (Å²) in [7, 11) is 1.63. The first-order chi connectivity index (χ1) is 9.20. The van der Waals surface area contributed by atoms with E-state index in [2.05, 4.69) is 0 Å². The van der Waals surface area contributed by atoms with Crippen LogP contribution in [0, 0.1) is 0 Å². The number of hydrogen-bond acceptors (Lipinski definition) is 3. The van der Waals surface area contributed by atoms with Crippen LogP contribution in [0.15, 0.2) is 54.6 Å². The lowest BCUT2D eigenvalue weighted by atomic mass is 10.2. The predicted molar refractivity (Wildman–Crippen MR) is 72.3 cm³/mol. The highest BCUT2D eigenvalue weighted by molar-refractivity contribution is 5.91. The van der Waals surface area contributed by atoms with E-state index >= 15 is 0 Å². The molecule has 0 unspecified atom stereocenters. The Morgan fingerprint density at radius 2 is 1.84 bits per heavy atom. The summed E-state index contributed by atoms with van der Waals surface area (Å²) in [6, 6.07) is 15.5. The molecule has 0 aliphatic carbocycles. The molecule has 0 aliphatic rings. The zero-order chi connectivity index (χ0) is 13.7. The molecule has 0 fully saturated rings. The number of rotatable bonds is 4. The van der Waals surface area contributed by atoms with Gasteiger partial charge in [-0.1, -0.05) is 24.3 Å². The molecule has 0 radical (unpaired) electrons. The summed E-state index contributed by atoms with van der Waals surface area (Å²) in [5.41, 5.74) is 1.14. The van der Waals surface area contributed by atoms with Gasteiger partial charge >= 0.3 is 5.97 Å². The molecule has 0 bridgehead atoms. The summed E-state index contributed by atoms with van der Waals surface area (Å²) in [6.45, 7) is 0. The van der Waals surface area contributed by atoms with Gasteiger partial charge in [0.15, 0.2) is 0 Å². The number of carbonyl (C=O) groups excluding carboxylic acids is 2. The van der Waals surface area contributed by atoms with Gasteiger partial charge in [-0.15, -0.1) is 0 Å². The maximum atomic E-state index is 11.9. The number of hydrogen-bond donors (Lipinski definition) is 0. The first-order valence-corrected chi connectivity index (χ1v) is 5.76. The van der Waals surface area contributed by atoms with Gasteiger partial charge < -0.3 is 9.64 Å². The predicted octanol–water partition coefficient (Wildman–Crippen LogP) is 2.50. The summed E-state index contributed by atoms with van der Waals surface area (Å²) in [4.78, 5) is 23.9. The van der Waals surface area contributed by atoms with E-state index in [0.29, 0.717) is 23.4 Å². The van der Waals surface area contributed by atoms with E-state index in [-0.39, 0.29) is 0 Å². The topological polar surface area (TPSA) is 46.6 Å². The van der Waals surface area contributed by atoms with Gasteiger partial charge in [0.1, 0.15) is 5.75 Å². The normalized spacial score (nSPS) is 9.74. The van der Waals surface area contributed by atoms with Gasteiger partial charge in [-0.2, -0.15) is 0 Å². The standard InChI is InChI=1S/C15H13NO3/c1-16(11-17)13-8-5-9-14(10-13)19-15(18)12-6-3-2-4-7-12/h2-11H,1H3. The molecule has 0 spiro atoms. The lowest BCUT2D eigenvalue weighted by molar-refractivity contribution is -0.107. The van der Waals surface area contributed by atoms with Crippen LogP contribution in [0.4, 0.5) is 5.69 Å². The molecule has 19 heavy (non-hydrogen) atoms. The van der Waals surface area contributed by atoms with Crippen molar-refractivity contribution in [3.05, 3.63) is 60.2 Å². The average molecular weight is 255 g/mol. The Hall–Kier alpha value is -2.62. The minimum Gasteiger partial charge on any atom is -0.423 e. The lowest BCUT2D eigenvalue weighted by Crippen LogP contribution is -2.14. The third-order valence-electron chi connectivity index (χ3n) is 2.60. The number of nitrogens with zero attached hydrogens (tertiary/aromatic N) is 1. The van der Waals surface area contributed by atoms with Crippen LogP contribution in [-0.4, -0.2) is 19.4 Å². The summed E-state index contributed by atoms with van der Waals surface area (Å²) >= 11 is 0. The summed E-state index contributed by atoms with van der Waals surface area (Å²) in [5.74, 6) is -0.0217. The van der Waals surface area contributed by atoms with Crippen LogP contribution >= 0.6 is 0 Å². The van der Waals surface area contributed by atoms with Gasteiger partial charge in [-0.3, -0.25) is 4.79 Å². The molecule has 4 heteroatoms. The van der Waals surface area contributed by atoms with Gasteiger partial charge in [0.05, 0.1) is 5.56 Å².